The number of nitrogens with zero attached hydrogens (tertiary/aromatic N) is 2. The SMILES string of the molecule is CCc1cc(-c2cc(Oc3ccc(C=N)c(NC)c3)ccn2)ccc1C(=O)NC1CN(C(C)(C)C)C1.[HH]. The molecule has 36 heavy (non-hydrogen) atoms. The third-order valence-electron chi connectivity index (χ3n) is 6.61. The van der Waals surface area contributed by atoms with Gasteiger partial charge in [0.05, 0.1) is 11.7 Å². The van der Waals surface area contributed by atoms with Crippen molar-refractivity contribution in [1.82, 2.24) is 15.2 Å². The molecule has 3 N–H and O–H groups in total. The van der Waals surface area contributed by atoms with Crippen LogP contribution in [0.5, 0.6) is 11.5 Å². The first-order valence-corrected chi connectivity index (χ1v) is 12.4. The summed E-state index contributed by atoms with van der Waals surface area (Å²) in [6.45, 7) is 10.4. The number of nitrogens with one attached hydrogen (secondary N) is 3. The monoisotopic (exact) mass is 487 g/mol. The van der Waals surface area contributed by atoms with Gasteiger partial charge in [-0.15, -0.1) is 0 Å². The van der Waals surface area contributed by atoms with Gasteiger partial charge in [0.25, 0.3) is 5.91 Å². The molecular formula is C29H37N5O2. The molecule has 7 nitrogen and oxygen atoms in total. The topological polar surface area (TPSA) is 90.3 Å². The number of aromatic nitrogens is 1. The minimum Gasteiger partial charge on any atom is -0.457 e. The predicted octanol–water partition coefficient (Wildman–Crippen LogP) is 5.60. The maximum absolute atomic E-state index is 13.0. The predicted molar refractivity (Wildman–Crippen MR) is 148 cm³/mol. The van der Waals surface area contributed by atoms with E-state index in [-0.39, 0.29) is 18.9 Å². The molecule has 1 aromatic heterocycles. The van der Waals surface area contributed by atoms with Gasteiger partial charge in [0, 0.05) is 74.0 Å². The van der Waals surface area contributed by atoms with Crippen LogP contribution in [0.3, 0.4) is 0 Å². The molecule has 1 fully saturated rings. The van der Waals surface area contributed by atoms with Gasteiger partial charge in [-0.05, 0) is 63.1 Å². The van der Waals surface area contributed by atoms with Gasteiger partial charge in [-0.25, -0.2) is 0 Å². The van der Waals surface area contributed by atoms with Crippen LogP contribution in [-0.4, -0.2) is 53.7 Å². The molecule has 1 aliphatic heterocycles. The minimum absolute atomic E-state index is 0. The second kappa shape index (κ2) is 10.5. The van der Waals surface area contributed by atoms with E-state index < -0.39 is 0 Å². The number of anilines is 1. The highest BCUT2D eigenvalue weighted by Gasteiger charge is 2.35. The summed E-state index contributed by atoms with van der Waals surface area (Å²) < 4.78 is 6.07. The Kier molecular flexibility index (Phi) is 7.40. The van der Waals surface area contributed by atoms with Crippen LogP contribution >= 0.6 is 0 Å². The van der Waals surface area contributed by atoms with Gasteiger partial charge < -0.3 is 20.8 Å². The van der Waals surface area contributed by atoms with Crippen molar-refractivity contribution in [2.45, 2.75) is 45.7 Å². The van der Waals surface area contributed by atoms with E-state index in [0.29, 0.717) is 17.1 Å². The summed E-state index contributed by atoms with van der Waals surface area (Å²) in [6, 6.07) is 15.3. The fourth-order valence-corrected chi connectivity index (χ4v) is 4.36. The van der Waals surface area contributed by atoms with E-state index in [1.165, 1.54) is 6.21 Å². The number of amides is 1. The number of likely N-dealkylation sites (tertiary alicyclic amines) is 1. The number of ether oxygens (including phenoxy) is 1. The average Bonchev–Trinajstić information content (AvgIpc) is 2.84. The lowest BCUT2D eigenvalue weighted by Gasteiger charge is -2.47. The van der Waals surface area contributed by atoms with Gasteiger partial charge in [0.15, 0.2) is 0 Å². The smallest absolute Gasteiger partial charge is 0.251 e. The maximum Gasteiger partial charge on any atom is 0.251 e. The first-order chi connectivity index (χ1) is 17.2. The minimum atomic E-state index is -0.0179. The van der Waals surface area contributed by atoms with Crippen LogP contribution in [0.4, 0.5) is 5.69 Å². The van der Waals surface area contributed by atoms with E-state index in [9.17, 15) is 4.79 Å². The Hall–Kier alpha value is -3.71. The highest BCUT2D eigenvalue weighted by atomic mass is 16.5. The zero-order chi connectivity index (χ0) is 25.9. The summed E-state index contributed by atoms with van der Waals surface area (Å²) >= 11 is 0. The molecule has 4 rings (SSSR count). The van der Waals surface area contributed by atoms with Crippen molar-refractivity contribution in [1.29, 1.82) is 5.41 Å². The zero-order valence-corrected chi connectivity index (χ0v) is 21.7. The molecule has 0 spiro atoms. The van der Waals surface area contributed by atoms with Crippen LogP contribution in [0.25, 0.3) is 11.3 Å². The number of hydrogen-bond acceptors (Lipinski definition) is 6. The number of rotatable bonds is 8. The Bertz CT molecular complexity index is 1270. The molecule has 190 valence electrons. The van der Waals surface area contributed by atoms with Crippen molar-refractivity contribution in [2.75, 3.05) is 25.5 Å². The highest BCUT2D eigenvalue weighted by molar-refractivity contribution is 5.96. The highest BCUT2D eigenvalue weighted by Crippen LogP contribution is 2.30. The number of aryl methyl sites for hydroxylation is 1. The van der Waals surface area contributed by atoms with Crippen molar-refractivity contribution in [3.05, 3.63) is 71.4 Å². The molecule has 2 aromatic carbocycles. The second-order valence-corrected chi connectivity index (χ2v) is 10.1. The fourth-order valence-electron chi connectivity index (χ4n) is 4.36. The summed E-state index contributed by atoms with van der Waals surface area (Å²) in [5.41, 5.74) is 5.17. The van der Waals surface area contributed by atoms with E-state index in [4.69, 9.17) is 10.1 Å². The van der Waals surface area contributed by atoms with Gasteiger partial charge in [-0.2, -0.15) is 0 Å². The molecule has 0 atom stereocenters. The quantitative estimate of drug-likeness (QED) is 0.360. The number of carbonyl (C=O) groups excluding carboxylic acids is 1. The summed E-state index contributed by atoms with van der Waals surface area (Å²) in [6.07, 6.45) is 3.78. The van der Waals surface area contributed by atoms with Crippen molar-refractivity contribution < 1.29 is 11.0 Å². The largest absolute Gasteiger partial charge is 0.457 e. The lowest BCUT2D eigenvalue weighted by Crippen LogP contribution is -2.64. The molecule has 0 bridgehead atoms. The van der Waals surface area contributed by atoms with E-state index in [1.807, 2.05) is 55.6 Å². The Morgan fingerprint density at radius 3 is 2.58 bits per heavy atom. The molecule has 2 heterocycles. The molecule has 0 aliphatic carbocycles. The third kappa shape index (κ3) is 5.57. The molecule has 1 amide bonds. The van der Waals surface area contributed by atoms with Gasteiger partial charge in [0.2, 0.25) is 0 Å². The number of hydrogen-bond donors (Lipinski definition) is 3. The third-order valence-corrected chi connectivity index (χ3v) is 6.61. The van der Waals surface area contributed by atoms with Crippen LogP contribution in [-0.2, 0) is 6.42 Å². The summed E-state index contributed by atoms with van der Waals surface area (Å²) in [4.78, 5) is 19.9. The van der Waals surface area contributed by atoms with E-state index in [2.05, 4.69) is 48.2 Å². The van der Waals surface area contributed by atoms with Crippen LogP contribution in [0.15, 0.2) is 54.7 Å². The standard InChI is InChI=1S/C29H35N5O2.H2/c1-6-19-13-20(8-10-25(19)28(35)33-22-17-34(18-22)29(2,3)4)27-15-24(11-12-32-27)36-23-9-7-21(16-30)26(14-23)31-5;/h7-16,22,30-31H,6,17-18H2,1-5H3,(H,33,35);1H. The van der Waals surface area contributed by atoms with Gasteiger partial charge in [-0.3, -0.25) is 14.7 Å². The molecular weight excluding hydrogens is 450 g/mol. The summed E-state index contributed by atoms with van der Waals surface area (Å²) in [7, 11) is 1.82. The molecule has 1 aliphatic rings. The van der Waals surface area contributed by atoms with Gasteiger partial charge in [-0.1, -0.05) is 13.0 Å². The van der Waals surface area contributed by atoms with E-state index >= 15 is 0 Å². The summed E-state index contributed by atoms with van der Waals surface area (Å²) in [5.74, 6) is 1.32. The van der Waals surface area contributed by atoms with E-state index in [0.717, 1.165) is 47.6 Å². The molecule has 0 saturated carbocycles. The van der Waals surface area contributed by atoms with Crippen LogP contribution in [0, 0.1) is 5.41 Å². The first kappa shape index (κ1) is 25.4. The van der Waals surface area contributed by atoms with Crippen LogP contribution in [0.2, 0.25) is 0 Å². The van der Waals surface area contributed by atoms with Crippen LogP contribution in [0.1, 0.15) is 50.6 Å². The van der Waals surface area contributed by atoms with Crippen molar-refractivity contribution in [3.63, 3.8) is 0 Å². The van der Waals surface area contributed by atoms with E-state index in [1.54, 1.807) is 6.20 Å². The number of pyridine rings is 1. The number of benzene rings is 2. The Labute approximate surface area is 214 Å². The molecule has 7 heteroatoms. The number of carbonyl (C=O) groups is 1. The molecule has 3 aromatic rings. The summed E-state index contributed by atoms with van der Waals surface area (Å²) in [5, 5.41) is 13.8. The molecule has 0 unspecified atom stereocenters. The Morgan fingerprint density at radius 1 is 1.17 bits per heavy atom. The maximum atomic E-state index is 13.0. The Morgan fingerprint density at radius 2 is 1.92 bits per heavy atom. The zero-order valence-electron chi connectivity index (χ0n) is 21.7. The van der Waals surface area contributed by atoms with Gasteiger partial charge >= 0.3 is 0 Å². The molecule has 1 saturated heterocycles. The van der Waals surface area contributed by atoms with Crippen molar-refractivity contribution in [2.24, 2.45) is 0 Å². The lowest BCUT2D eigenvalue weighted by atomic mass is 9.96. The van der Waals surface area contributed by atoms with Crippen molar-refractivity contribution in [3.8, 4) is 22.8 Å². The average molecular weight is 488 g/mol. The first-order valence-electron chi connectivity index (χ1n) is 12.4. The fraction of sp³-hybridized carbons (Fsp3) is 0.345. The van der Waals surface area contributed by atoms with Crippen LogP contribution < -0.4 is 15.4 Å². The van der Waals surface area contributed by atoms with Gasteiger partial charge in [0.1, 0.15) is 11.5 Å². The van der Waals surface area contributed by atoms with Crippen molar-refractivity contribution >= 4 is 17.8 Å². The lowest BCUT2D eigenvalue weighted by molar-refractivity contribution is 0.0331. The Balaban J connectivity index is 0.00000380. The normalized spacial score (nSPS) is 14.1. The second-order valence-electron chi connectivity index (χ2n) is 10.1. The molecule has 0 radical (unpaired) electrons.